The van der Waals surface area contributed by atoms with Gasteiger partial charge in [-0.25, -0.2) is 0 Å². The Kier molecular flexibility index (Phi) is 3.17. The first kappa shape index (κ1) is 13.1. The predicted molar refractivity (Wildman–Crippen MR) is 74.7 cm³/mol. The zero-order valence-corrected chi connectivity index (χ0v) is 11.3. The second-order valence-electron chi connectivity index (χ2n) is 5.64. The van der Waals surface area contributed by atoms with Gasteiger partial charge in [-0.3, -0.25) is 14.9 Å². The maximum atomic E-state index is 12.2. The highest BCUT2D eigenvalue weighted by Gasteiger charge is 2.38. The van der Waals surface area contributed by atoms with Crippen LogP contribution in [0.2, 0.25) is 0 Å². The largest absolute Gasteiger partial charge is 0.325 e. The van der Waals surface area contributed by atoms with E-state index in [1.807, 2.05) is 0 Å². The van der Waals surface area contributed by atoms with Crippen molar-refractivity contribution < 1.29 is 9.72 Å². The van der Waals surface area contributed by atoms with Crippen molar-refractivity contribution >= 4 is 17.3 Å². The summed E-state index contributed by atoms with van der Waals surface area (Å²) >= 11 is 0. The van der Waals surface area contributed by atoms with E-state index in [0.717, 1.165) is 37.2 Å². The van der Waals surface area contributed by atoms with E-state index in [0.29, 0.717) is 0 Å². The van der Waals surface area contributed by atoms with Crippen molar-refractivity contribution in [3.63, 3.8) is 0 Å². The Balaban J connectivity index is 1.92. The quantitative estimate of drug-likeness (QED) is 0.661. The minimum atomic E-state index is -0.408. The maximum absolute atomic E-state index is 12.2. The molecule has 3 rings (SSSR count). The summed E-state index contributed by atoms with van der Waals surface area (Å²) in [6.07, 6.45) is 1.91. The Morgan fingerprint density at radius 1 is 1.35 bits per heavy atom. The van der Waals surface area contributed by atoms with Gasteiger partial charge < -0.3 is 10.2 Å². The lowest BCUT2D eigenvalue weighted by atomic mass is 9.81. The van der Waals surface area contributed by atoms with Gasteiger partial charge in [0.05, 0.1) is 10.8 Å². The normalized spacial score (nSPS) is 23.4. The standard InChI is InChI=1S/C14H17N3O3/c1-16-6-4-9(5-7-16)13-11-8-10(17(19)20)2-3-12(11)15-14(13)18/h2-3,8-9,13H,4-7H2,1H3,(H,15,18)/t13-/m1/s1. The highest BCUT2D eigenvalue weighted by Crippen LogP contribution is 2.42. The first-order valence-corrected chi connectivity index (χ1v) is 6.84. The molecule has 0 aliphatic carbocycles. The summed E-state index contributed by atoms with van der Waals surface area (Å²) in [5, 5.41) is 13.7. The van der Waals surface area contributed by atoms with Crippen LogP contribution in [0.5, 0.6) is 0 Å². The molecule has 6 nitrogen and oxygen atoms in total. The number of likely N-dealkylation sites (tertiary alicyclic amines) is 1. The molecule has 0 spiro atoms. The van der Waals surface area contributed by atoms with Gasteiger partial charge in [-0.1, -0.05) is 0 Å². The average molecular weight is 275 g/mol. The number of nitro groups is 1. The second kappa shape index (κ2) is 4.86. The molecule has 106 valence electrons. The minimum Gasteiger partial charge on any atom is -0.325 e. The molecule has 1 saturated heterocycles. The third-order valence-electron chi connectivity index (χ3n) is 4.36. The maximum Gasteiger partial charge on any atom is 0.269 e. The van der Waals surface area contributed by atoms with Gasteiger partial charge >= 0.3 is 0 Å². The number of piperidine rings is 1. The number of nitrogens with zero attached hydrogens (tertiary/aromatic N) is 2. The number of hydrogen-bond acceptors (Lipinski definition) is 4. The van der Waals surface area contributed by atoms with Crippen LogP contribution < -0.4 is 5.32 Å². The molecule has 0 bridgehead atoms. The molecule has 6 heteroatoms. The van der Waals surface area contributed by atoms with Gasteiger partial charge in [0.15, 0.2) is 0 Å². The van der Waals surface area contributed by atoms with E-state index in [-0.39, 0.29) is 23.4 Å². The monoisotopic (exact) mass is 275 g/mol. The summed E-state index contributed by atoms with van der Waals surface area (Å²) in [5.74, 6) is 0.0168. The molecule has 2 heterocycles. The number of amides is 1. The van der Waals surface area contributed by atoms with E-state index in [2.05, 4.69) is 17.3 Å². The summed E-state index contributed by atoms with van der Waals surface area (Å²) in [6, 6.07) is 4.63. The molecule has 1 aromatic rings. The summed E-state index contributed by atoms with van der Waals surface area (Å²) in [4.78, 5) is 24.9. The molecule has 1 N–H and O–H groups in total. The van der Waals surface area contributed by atoms with Crippen LogP contribution in [0.4, 0.5) is 11.4 Å². The van der Waals surface area contributed by atoms with Crippen LogP contribution in [0.15, 0.2) is 18.2 Å². The van der Waals surface area contributed by atoms with E-state index >= 15 is 0 Å². The number of carbonyl (C=O) groups excluding carboxylic acids is 1. The molecular formula is C14H17N3O3. The molecule has 2 aliphatic rings. The molecule has 1 aromatic carbocycles. The first-order valence-electron chi connectivity index (χ1n) is 6.84. The number of anilines is 1. The van der Waals surface area contributed by atoms with Crippen LogP contribution >= 0.6 is 0 Å². The van der Waals surface area contributed by atoms with Crippen LogP contribution in [-0.4, -0.2) is 35.9 Å². The fourth-order valence-corrected chi connectivity index (χ4v) is 3.22. The third-order valence-corrected chi connectivity index (χ3v) is 4.36. The number of carbonyl (C=O) groups is 1. The van der Waals surface area contributed by atoms with Crippen molar-refractivity contribution in [2.45, 2.75) is 18.8 Å². The van der Waals surface area contributed by atoms with Crippen LogP contribution in [-0.2, 0) is 4.79 Å². The van der Waals surface area contributed by atoms with Crippen molar-refractivity contribution in [1.82, 2.24) is 4.90 Å². The average Bonchev–Trinajstić information content (AvgIpc) is 2.75. The van der Waals surface area contributed by atoms with Crippen LogP contribution in [0.1, 0.15) is 24.3 Å². The summed E-state index contributed by atoms with van der Waals surface area (Å²) in [6.45, 7) is 1.94. The summed E-state index contributed by atoms with van der Waals surface area (Å²) in [7, 11) is 2.07. The van der Waals surface area contributed by atoms with Gasteiger partial charge in [0.25, 0.3) is 5.69 Å². The molecule has 2 aliphatic heterocycles. The highest BCUT2D eigenvalue weighted by atomic mass is 16.6. The van der Waals surface area contributed by atoms with Gasteiger partial charge in [-0.15, -0.1) is 0 Å². The molecular weight excluding hydrogens is 258 g/mol. The number of fused-ring (bicyclic) bond motifs is 1. The molecule has 0 saturated carbocycles. The molecule has 1 fully saturated rings. The van der Waals surface area contributed by atoms with Crippen molar-refractivity contribution in [3.8, 4) is 0 Å². The van der Waals surface area contributed by atoms with Gasteiger partial charge in [0, 0.05) is 17.8 Å². The zero-order valence-electron chi connectivity index (χ0n) is 11.3. The second-order valence-corrected chi connectivity index (χ2v) is 5.64. The van der Waals surface area contributed by atoms with Gasteiger partial charge in [-0.2, -0.15) is 0 Å². The first-order chi connectivity index (χ1) is 9.56. The lowest BCUT2D eigenvalue weighted by molar-refractivity contribution is -0.384. The van der Waals surface area contributed by atoms with Crippen molar-refractivity contribution in [2.75, 3.05) is 25.5 Å². The fourth-order valence-electron chi connectivity index (χ4n) is 3.22. The van der Waals surface area contributed by atoms with Crippen LogP contribution in [0, 0.1) is 16.0 Å². The number of hydrogen-bond donors (Lipinski definition) is 1. The molecule has 0 unspecified atom stereocenters. The molecule has 1 atom stereocenters. The number of nitro benzene ring substituents is 1. The Morgan fingerprint density at radius 2 is 2.05 bits per heavy atom. The predicted octanol–water partition coefficient (Wildman–Crippen LogP) is 1.97. The molecule has 1 amide bonds. The van der Waals surface area contributed by atoms with Gasteiger partial charge in [0.2, 0.25) is 5.91 Å². The molecule has 0 aromatic heterocycles. The highest BCUT2D eigenvalue weighted by molar-refractivity contribution is 6.03. The Bertz CT molecular complexity index is 565. The Labute approximate surface area is 116 Å². The smallest absolute Gasteiger partial charge is 0.269 e. The molecule has 0 radical (unpaired) electrons. The van der Waals surface area contributed by atoms with Gasteiger partial charge in [-0.05, 0) is 50.5 Å². The van der Waals surface area contributed by atoms with E-state index in [9.17, 15) is 14.9 Å². The SMILES string of the molecule is CN1CCC([C@H]2C(=O)Nc3ccc([N+](=O)[O-])cc32)CC1. The fraction of sp³-hybridized carbons (Fsp3) is 0.500. The lowest BCUT2D eigenvalue weighted by Crippen LogP contribution is -2.34. The number of benzene rings is 1. The van der Waals surface area contributed by atoms with Crippen molar-refractivity contribution in [2.24, 2.45) is 5.92 Å². The van der Waals surface area contributed by atoms with Crippen LogP contribution in [0.3, 0.4) is 0 Å². The zero-order chi connectivity index (χ0) is 14.3. The van der Waals surface area contributed by atoms with E-state index < -0.39 is 4.92 Å². The van der Waals surface area contributed by atoms with Crippen molar-refractivity contribution in [3.05, 3.63) is 33.9 Å². The van der Waals surface area contributed by atoms with E-state index in [1.165, 1.54) is 6.07 Å². The van der Waals surface area contributed by atoms with Crippen molar-refractivity contribution in [1.29, 1.82) is 0 Å². The molecule has 20 heavy (non-hydrogen) atoms. The summed E-state index contributed by atoms with van der Waals surface area (Å²) < 4.78 is 0. The number of rotatable bonds is 2. The Morgan fingerprint density at radius 3 is 2.70 bits per heavy atom. The van der Waals surface area contributed by atoms with Gasteiger partial charge in [0.1, 0.15) is 0 Å². The summed E-state index contributed by atoms with van der Waals surface area (Å²) in [5.41, 5.74) is 1.57. The Hall–Kier alpha value is -1.95. The topological polar surface area (TPSA) is 75.5 Å². The van der Waals surface area contributed by atoms with E-state index in [1.54, 1.807) is 12.1 Å². The number of nitrogens with one attached hydrogen (secondary N) is 1. The minimum absolute atomic E-state index is 0.0185. The third kappa shape index (κ3) is 2.16. The van der Waals surface area contributed by atoms with Crippen LogP contribution in [0.25, 0.3) is 0 Å². The number of non-ortho nitro benzene ring substituents is 1. The lowest BCUT2D eigenvalue weighted by Gasteiger charge is -2.31. The van der Waals surface area contributed by atoms with E-state index in [4.69, 9.17) is 0 Å².